The first kappa shape index (κ1) is 13.4. The van der Waals surface area contributed by atoms with Crippen LogP contribution in [0, 0.1) is 0 Å². The van der Waals surface area contributed by atoms with Crippen molar-refractivity contribution in [3.8, 4) is 11.1 Å². The van der Waals surface area contributed by atoms with Crippen LogP contribution in [0.5, 0.6) is 0 Å². The van der Waals surface area contributed by atoms with Crippen LogP contribution >= 0.6 is 23.2 Å². The van der Waals surface area contributed by atoms with Crippen LogP contribution in [0.25, 0.3) is 11.1 Å². The average Bonchev–Trinajstić information content (AvgIpc) is 2.36. The van der Waals surface area contributed by atoms with Crippen molar-refractivity contribution in [3.05, 3.63) is 58.1 Å². The summed E-state index contributed by atoms with van der Waals surface area (Å²) in [5.41, 5.74) is 3.44. The smallest absolute Gasteiger partial charge is 0.0426 e. The molecule has 0 aliphatic heterocycles. The molecular weight excluding hydrogens is 265 g/mol. The molecule has 0 saturated carbocycles. The Hall–Kier alpha value is -1.02. The minimum Gasteiger partial charge on any atom is -0.313 e. The minimum absolute atomic E-state index is 0.661. The molecule has 1 nitrogen and oxygen atoms in total. The lowest BCUT2D eigenvalue weighted by atomic mass is 10.0. The molecule has 94 valence electrons. The summed E-state index contributed by atoms with van der Waals surface area (Å²) in [4.78, 5) is 0. The SMILES string of the molecule is CCNCc1ccc(-c2cc(Cl)cc(Cl)c2)cc1. The van der Waals surface area contributed by atoms with E-state index in [4.69, 9.17) is 23.2 Å². The quantitative estimate of drug-likeness (QED) is 0.850. The van der Waals surface area contributed by atoms with E-state index in [-0.39, 0.29) is 0 Å². The highest BCUT2D eigenvalue weighted by molar-refractivity contribution is 6.35. The molecule has 3 heteroatoms. The predicted molar refractivity (Wildman–Crippen MR) is 79.3 cm³/mol. The normalized spacial score (nSPS) is 10.6. The molecule has 0 aromatic heterocycles. The first-order chi connectivity index (χ1) is 8.69. The highest BCUT2D eigenvalue weighted by atomic mass is 35.5. The van der Waals surface area contributed by atoms with Crippen LogP contribution in [0.2, 0.25) is 10.0 Å². The van der Waals surface area contributed by atoms with E-state index >= 15 is 0 Å². The second-order valence-electron chi connectivity index (χ2n) is 4.14. The molecule has 0 atom stereocenters. The van der Waals surface area contributed by atoms with Gasteiger partial charge in [-0.05, 0) is 41.4 Å². The lowest BCUT2D eigenvalue weighted by Crippen LogP contribution is -2.11. The van der Waals surface area contributed by atoms with Crippen LogP contribution in [0.3, 0.4) is 0 Å². The third kappa shape index (κ3) is 3.49. The van der Waals surface area contributed by atoms with Gasteiger partial charge in [-0.1, -0.05) is 54.4 Å². The molecule has 0 radical (unpaired) electrons. The fourth-order valence-corrected chi connectivity index (χ4v) is 2.33. The van der Waals surface area contributed by atoms with Gasteiger partial charge in [0.2, 0.25) is 0 Å². The predicted octanol–water partition coefficient (Wildman–Crippen LogP) is 4.77. The van der Waals surface area contributed by atoms with E-state index < -0.39 is 0 Å². The van der Waals surface area contributed by atoms with Crippen molar-refractivity contribution in [2.24, 2.45) is 0 Å². The Balaban J connectivity index is 2.23. The maximum absolute atomic E-state index is 6.01. The van der Waals surface area contributed by atoms with E-state index in [1.54, 1.807) is 6.07 Å². The Morgan fingerprint density at radius 1 is 0.889 bits per heavy atom. The molecule has 2 rings (SSSR count). The second kappa shape index (κ2) is 6.24. The summed E-state index contributed by atoms with van der Waals surface area (Å²) in [5.74, 6) is 0. The molecule has 0 amide bonds. The molecule has 0 aliphatic rings. The molecule has 2 aromatic rings. The first-order valence-electron chi connectivity index (χ1n) is 5.95. The maximum atomic E-state index is 6.01. The third-order valence-electron chi connectivity index (χ3n) is 2.73. The summed E-state index contributed by atoms with van der Waals surface area (Å²) in [7, 11) is 0. The lowest BCUT2D eigenvalue weighted by molar-refractivity contribution is 0.727. The van der Waals surface area contributed by atoms with Crippen molar-refractivity contribution in [1.82, 2.24) is 5.32 Å². The molecule has 0 saturated heterocycles. The summed E-state index contributed by atoms with van der Waals surface area (Å²) < 4.78 is 0. The number of benzene rings is 2. The van der Waals surface area contributed by atoms with E-state index in [1.165, 1.54) is 5.56 Å². The van der Waals surface area contributed by atoms with Crippen molar-refractivity contribution in [2.75, 3.05) is 6.54 Å². The fraction of sp³-hybridized carbons (Fsp3) is 0.200. The second-order valence-corrected chi connectivity index (χ2v) is 5.01. The van der Waals surface area contributed by atoms with Gasteiger partial charge in [0.05, 0.1) is 0 Å². The summed E-state index contributed by atoms with van der Waals surface area (Å²) >= 11 is 12.0. The van der Waals surface area contributed by atoms with Crippen LogP contribution < -0.4 is 5.32 Å². The Kier molecular flexibility index (Phi) is 4.65. The van der Waals surface area contributed by atoms with Gasteiger partial charge in [0.25, 0.3) is 0 Å². The van der Waals surface area contributed by atoms with Crippen molar-refractivity contribution >= 4 is 23.2 Å². The molecule has 0 fully saturated rings. The van der Waals surface area contributed by atoms with Gasteiger partial charge in [0.15, 0.2) is 0 Å². The minimum atomic E-state index is 0.661. The van der Waals surface area contributed by atoms with Crippen LogP contribution in [0.4, 0.5) is 0 Å². The molecule has 1 N–H and O–H groups in total. The summed E-state index contributed by atoms with van der Waals surface area (Å²) in [6, 6.07) is 14.0. The number of rotatable bonds is 4. The van der Waals surface area contributed by atoms with E-state index in [0.29, 0.717) is 10.0 Å². The van der Waals surface area contributed by atoms with E-state index in [0.717, 1.165) is 24.2 Å². The first-order valence-corrected chi connectivity index (χ1v) is 6.71. The van der Waals surface area contributed by atoms with Crippen LogP contribution in [-0.2, 0) is 6.54 Å². The van der Waals surface area contributed by atoms with E-state index in [9.17, 15) is 0 Å². The Morgan fingerprint density at radius 2 is 1.50 bits per heavy atom. The zero-order valence-electron chi connectivity index (χ0n) is 10.2. The molecule has 0 aliphatic carbocycles. The topological polar surface area (TPSA) is 12.0 Å². The lowest BCUT2D eigenvalue weighted by Gasteiger charge is -2.06. The number of halogens is 2. The summed E-state index contributed by atoms with van der Waals surface area (Å²) in [6.07, 6.45) is 0. The molecule has 18 heavy (non-hydrogen) atoms. The van der Waals surface area contributed by atoms with E-state index in [1.807, 2.05) is 12.1 Å². The molecule has 0 heterocycles. The fourth-order valence-electron chi connectivity index (χ4n) is 1.80. The van der Waals surface area contributed by atoms with Crippen LogP contribution in [-0.4, -0.2) is 6.54 Å². The number of hydrogen-bond acceptors (Lipinski definition) is 1. The Labute approximate surface area is 118 Å². The van der Waals surface area contributed by atoms with Gasteiger partial charge in [-0.15, -0.1) is 0 Å². The van der Waals surface area contributed by atoms with Gasteiger partial charge in [0, 0.05) is 16.6 Å². The van der Waals surface area contributed by atoms with Crippen molar-refractivity contribution in [1.29, 1.82) is 0 Å². The highest BCUT2D eigenvalue weighted by Crippen LogP contribution is 2.27. The van der Waals surface area contributed by atoms with Gasteiger partial charge < -0.3 is 5.32 Å². The third-order valence-corrected chi connectivity index (χ3v) is 3.17. The van der Waals surface area contributed by atoms with Crippen LogP contribution in [0.1, 0.15) is 12.5 Å². The zero-order valence-corrected chi connectivity index (χ0v) is 11.7. The van der Waals surface area contributed by atoms with Gasteiger partial charge in [-0.3, -0.25) is 0 Å². The standard InChI is InChI=1S/C15H15Cl2N/c1-2-18-10-11-3-5-12(6-4-11)13-7-14(16)9-15(17)8-13/h3-9,18H,2,10H2,1H3. The zero-order chi connectivity index (χ0) is 13.0. The summed E-state index contributed by atoms with van der Waals surface area (Å²) in [5, 5.41) is 4.62. The van der Waals surface area contributed by atoms with Gasteiger partial charge in [0.1, 0.15) is 0 Å². The van der Waals surface area contributed by atoms with E-state index in [2.05, 4.69) is 36.5 Å². The highest BCUT2D eigenvalue weighted by Gasteiger charge is 2.01. The average molecular weight is 280 g/mol. The molecule has 2 aromatic carbocycles. The van der Waals surface area contributed by atoms with Crippen LogP contribution in [0.15, 0.2) is 42.5 Å². The van der Waals surface area contributed by atoms with Gasteiger partial charge in [-0.25, -0.2) is 0 Å². The maximum Gasteiger partial charge on any atom is 0.0426 e. The van der Waals surface area contributed by atoms with Crippen molar-refractivity contribution < 1.29 is 0 Å². The van der Waals surface area contributed by atoms with Crippen molar-refractivity contribution in [2.45, 2.75) is 13.5 Å². The molecular formula is C15H15Cl2N. The molecule has 0 bridgehead atoms. The number of nitrogens with one attached hydrogen (secondary N) is 1. The van der Waals surface area contributed by atoms with Gasteiger partial charge in [-0.2, -0.15) is 0 Å². The number of hydrogen-bond donors (Lipinski definition) is 1. The van der Waals surface area contributed by atoms with Crippen molar-refractivity contribution in [3.63, 3.8) is 0 Å². The monoisotopic (exact) mass is 279 g/mol. The largest absolute Gasteiger partial charge is 0.313 e. The van der Waals surface area contributed by atoms with Gasteiger partial charge >= 0.3 is 0 Å². The summed E-state index contributed by atoms with van der Waals surface area (Å²) in [6.45, 7) is 3.97. The molecule has 0 spiro atoms. The Bertz CT molecular complexity index is 500. The molecule has 0 unspecified atom stereocenters. The Morgan fingerprint density at radius 3 is 2.06 bits per heavy atom.